The van der Waals surface area contributed by atoms with Crippen molar-refractivity contribution in [2.45, 2.75) is 13.3 Å². The van der Waals surface area contributed by atoms with Gasteiger partial charge in [0.1, 0.15) is 0 Å². The minimum Gasteiger partial charge on any atom is -0.378 e. The maximum absolute atomic E-state index is 4.61. The van der Waals surface area contributed by atoms with Crippen molar-refractivity contribution < 1.29 is 0 Å². The highest BCUT2D eigenvalue weighted by atomic mass is 32.1. The van der Waals surface area contributed by atoms with Gasteiger partial charge in [-0.05, 0) is 25.1 Å². The SMILES string of the molecule is Cc1ncsc1CCNc1nccc(-c2ccc(N(C)C)cc2)n1. The van der Waals surface area contributed by atoms with Crippen LogP contribution in [0.1, 0.15) is 10.6 Å². The number of aryl methyl sites for hydroxylation is 1. The van der Waals surface area contributed by atoms with Gasteiger partial charge >= 0.3 is 0 Å². The van der Waals surface area contributed by atoms with Crippen molar-refractivity contribution in [3.8, 4) is 11.3 Å². The van der Waals surface area contributed by atoms with Gasteiger partial charge in [-0.15, -0.1) is 11.3 Å². The van der Waals surface area contributed by atoms with Crippen LogP contribution in [0.4, 0.5) is 11.6 Å². The molecule has 124 valence electrons. The van der Waals surface area contributed by atoms with E-state index in [1.165, 1.54) is 10.6 Å². The van der Waals surface area contributed by atoms with Crippen molar-refractivity contribution in [1.82, 2.24) is 15.0 Å². The molecule has 5 nitrogen and oxygen atoms in total. The van der Waals surface area contributed by atoms with E-state index in [-0.39, 0.29) is 0 Å². The van der Waals surface area contributed by atoms with Crippen molar-refractivity contribution >= 4 is 23.0 Å². The zero-order valence-corrected chi connectivity index (χ0v) is 15.0. The first kappa shape index (κ1) is 16.4. The average Bonchev–Trinajstić information content (AvgIpc) is 3.00. The molecule has 3 rings (SSSR count). The molecule has 0 spiro atoms. The number of nitrogens with one attached hydrogen (secondary N) is 1. The van der Waals surface area contributed by atoms with E-state index in [1.54, 1.807) is 17.5 Å². The molecule has 24 heavy (non-hydrogen) atoms. The number of anilines is 2. The normalized spacial score (nSPS) is 10.6. The van der Waals surface area contributed by atoms with Crippen LogP contribution in [-0.2, 0) is 6.42 Å². The summed E-state index contributed by atoms with van der Waals surface area (Å²) in [6, 6.07) is 10.3. The van der Waals surface area contributed by atoms with E-state index in [4.69, 9.17) is 0 Å². The highest BCUT2D eigenvalue weighted by molar-refractivity contribution is 7.09. The minimum atomic E-state index is 0.659. The fourth-order valence-corrected chi connectivity index (χ4v) is 3.17. The Morgan fingerprint density at radius 3 is 2.54 bits per heavy atom. The summed E-state index contributed by atoms with van der Waals surface area (Å²) in [7, 11) is 4.07. The highest BCUT2D eigenvalue weighted by Crippen LogP contribution is 2.21. The first-order valence-electron chi connectivity index (χ1n) is 7.87. The first-order chi connectivity index (χ1) is 11.6. The summed E-state index contributed by atoms with van der Waals surface area (Å²) >= 11 is 1.69. The molecule has 3 aromatic rings. The van der Waals surface area contributed by atoms with Crippen LogP contribution in [0.15, 0.2) is 42.0 Å². The number of hydrogen-bond donors (Lipinski definition) is 1. The molecule has 0 bridgehead atoms. The van der Waals surface area contributed by atoms with Crippen molar-refractivity contribution in [1.29, 1.82) is 0 Å². The summed E-state index contributed by atoms with van der Waals surface area (Å²) in [6.45, 7) is 2.84. The van der Waals surface area contributed by atoms with Crippen LogP contribution < -0.4 is 10.2 Å². The van der Waals surface area contributed by atoms with Crippen LogP contribution in [0.2, 0.25) is 0 Å². The Balaban J connectivity index is 1.66. The van der Waals surface area contributed by atoms with Gasteiger partial charge in [0.25, 0.3) is 0 Å². The number of benzene rings is 1. The summed E-state index contributed by atoms with van der Waals surface area (Å²) in [4.78, 5) is 16.6. The van der Waals surface area contributed by atoms with Crippen molar-refractivity contribution in [2.75, 3.05) is 30.9 Å². The van der Waals surface area contributed by atoms with E-state index in [9.17, 15) is 0 Å². The Kier molecular flexibility index (Phi) is 5.05. The van der Waals surface area contributed by atoms with Gasteiger partial charge in [-0.2, -0.15) is 0 Å². The molecule has 1 N–H and O–H groups in total. The number of thiazole rings is 1. The van der Waals surface area contributed by atoms with Crippen LogP contribution in [0.25, 0.3) is 11.3 Å². The Bertz CT molecular complexity index is 795. The lowest BCUT2D eigenvalue weighted by atomic mass is 10.1. The molecule has 0 saturated heterocycles. The van der Waals surface area contributed by atoms with Crippen LogP contribution in [0.5, 0.6) is 0 Å². The van der Waals surface area contributed by atoms with Crippen LogP contribution in [0, 0.1) is 6.92 Å². The van der Waals surface area contributed by atoms with Crippen molar-refractivity contribution in [3.63, 3.8) is 0 Å². The smallest absolute Gasteiger partial charge is 0.223 e. The molecule has 6 heteroatoms. The molecule has 0 amide bonds. The molecule has 0 aliphatic heterocycles. The van der Waals surface area contributed by atoms with E-state index in [0.29, 0.717) is 5.95 Å². The Labute approximate surface area is 146 Å². The highest BCUT2D eigenvalue weighted by Gasteiger charge is 2.05. The predicted molar refractivity (Wildman–Crippen MR) is 101 cm³/mol. The van der Waals surface area contributed by atoms with Crippen LogP contribution in [-0.4, -0.2) is 35.6 Å². The topological polar surface area (TPSA) is 53.9 Å². The third-order valence-corrected chi connectivity index (χ3v) is 4.81. The number of rotatable bonds is 6. The molecular formula is C18H21N5S. The fourth-order valence-electron chi connectivity index (χ4n) is 2.39. The lowest BCUT2D eigenvalue weighted by molar-refractivity contribution is 0.985. The molecule has 2 heterocycles. The van der Waals surface area contributed by atoms with E-state index in [1.807, 2.05) is 32.6 Å². The maximum Gasteiger partial charge on any atom is 0.223 e. The summed E-state index contributed by atoms with van der Waals surface area (Å²) in [5, 5.41) is 3.30. The van der Waals surface area contributed by atoms with Gasteiger partial charge in [-0.3, -0.25) is 0 Å². The second kappa shape index (κ2) is 7.40. The zero-order valence-electron chi connectivity index (χ0n) is 14.2. The summed E-state index contributed by atoms with van der Waals surface area (Å²) in [5.74, 6) is 0.659. The molecule has 0 saturated carbocycles. The molecular weight excluding hydrogens is 318 g/mol. The Morgan fingerprint density at radius 1 is 1.08 bits per heavy atom. The molecule has 0 aliphatic rings. The zero-order chi connectivity index (χ0) is 16.9. The quantitative estimate of drug-likeness (QED) is 0.743. The largest absolute Gasteiger partial charge is 0.378 e. The number of nitrogens with zero attached hydrogens (tertiary/aromatic N) is 4. The molecule has 0 atom stereocenters. The van der Waals surface area contributed by atoms with E-state index >= 15 is 0 Å². The third kappa shape index (κ3) is 3.89. The molecule has 0 fully saturated rings. The second-order valence-electron chi connectivity index (χ2n) is 5.74. The molecule has 0 aliphatic carbocycles. The summed E-state index contributed by atoms with van der Waals surface area (Å²) in [5.41, 5.74) is 6.18. The van der Waals surface area contributed by atoms with Crippen LogP contribution >= 0.6 is 11.3 Å². The molecule has 1 aromatic carbocycles. The second-order valence-corrected chi connectivity index (χ2v) is 6.68. The standard InChI is InChI=1S/C18H21N5S/c1-13-17(24-12-21-13)9-11-20-18-19-10-8-16(22-18)14-4-6-15(7-5-14)23(2)3/h4-8,10,12H,9,11H2,1-3H3,(H,19,20,22). The monoisotopic (exact) mass is 339 g/mol. The summed E-state index contributed by atoms with van der Waals surface area (Å²) < 4.78 is 0. The Hall–Kier alpha value is -2.47. The van der Waals surface area contributed by atoms with E-state index in [0.717, 1.165) is 29.9 Å². The van der Waals surface area contributed by atoms with Gasteiger partial charge in [-0.25, -0.2) is 15.0 Å². The van der Waals surface area contributed by atoms with Crippen molar-refractivity contribution in [2.24, 2.45) is 0 Å². The third-order valence-electron chi connectivity index (χ3n) is 3.82. The predicted octanol–water partition coefficient (Wildman–Crippen LogP) is 3.63. The van der Waals surface area contributed by atoms with Gasteiger partial charge < -0.3 is 10.2 Å². The average molecular weight is 339 g/mol. The minimum absolute atomic E-state index is 0.659. The van der Waals surface area contributed by atoms with E-state index in [2.05, 4.69) is 49.4 Å². The van der Waals surface area contributed by atoms with Gasteiger partial charge in [-0.1, -0.05) is 12.1 Å². The fraction of sp³-hybridized carbons (Fsp3) is 0.278. The van der Waals surface area contributed by atoms with Gasteiger partial charge in [0.05, 0.1) is 16.9 Å². The molecule has 0 radical (unpaired) electrons. The van der Waals surface area contributed by atoms with Gasteiger partial charge in [0, 0.05) is 49.4 Å². The maximum atomic E-state index is 4.61. The lowest BCUT2D eigenvalue weighted by Crippen LogP contribution is -2.08. The van der Waals surface area contributed by atoms with Crippen molar-refractivity contribution in [3.05, 3.63) is 52.6 Å². The molecule has 0 unspecified atom stereocenters. The molecule has 2 aromatic heterocycles. The van der Waals surface area contributed by atoms with Gasteiger partial charge in [0.15, 0.2) is 0 Å². The number of hydrogen-bond acceptors (Lipinski definition) is 6. The van der Waals surface area contributed by atoms with Gasteiger partial charge in [0.2, 0.25) is 5.95 Å². The Morgan fingerprint density at radius 2 is 1.88 bits per heavy atom. The first-order valence-corrected chi connectivity index (χ1v) is 8.75. The lowest BCUT2D eigenvalue weighted by Gasteiger charge is -2.12. The number of aromatic nitrogens is 3. The summed E-state index contributed by atoms with van der Waals surface area (Å²) in [6.07, 6.45) is 2.73. The van der Waals surface area contributed by atoms with E-state index < -0.39 is 0 Å². The van der Waals surface area contributed by atoms with Crippen LogP contribution in [0.3, 0.4) is 0 Å².